The van der Waals surface area contributed by atoms with Crippen molar-refractivity contribution in [2.45, 2.75) is 25.5 Å². The average Bonchev–Trinajstić information content (AvgIpc) is 2.62. The lowest BCUT2D eigenvalue weighted by Crippen LogP contribution is -2.04. The van der Waals surface area contributed by atoms with Crippen molar-refractivity contribution in [1.82, 2.24) is 4.98 Å². The first-order valence-electron chi connectivity index (χ1n) is 5.09. The van der Waals surface area contributed by atoms with Gasteiger partial charge in [-0.15, -0.1) is 11.3 Å². The second-order valence-corrected chi connectivity index (χ2v) is 7.02. The molecule has 1 aromatic carbocycles. The number of fused-ring (bicyclic) bond motifs is 1. The summed E-state index contributed by atoms with van der Waals surface area (Å²) in [6.45, 7) is 6.45. The Hall–Kier alpha value is -0.870. The second kappa shape index (κ2) is 4.55. The molecule has 16 heavy (non-hydrogen) atoms. The van der Waals surface area contributed by atoms with E-state index in [1.165, 1.54) is 4.70 Å². The van der Waals surface area contributed by atoms with Crippen molar-refractivity contribution < 1.29 is 0 Å². The smallest absolute Gasteiger partial charge is 0.0818 e. The maximum atomic E-state index is 4.37. The lowest BCUT2D eigenvalue weighted by Gasteiger charge is -2.12. The van der Waals surface area contributed by atoms with E-state index in [9.17, 15) is 0 Å². The van der Waals surface area contributed by atoms with Crippen LogP contribution >= 0.6 is 23.3 Å². The Morgan fingerprint density at radius 1 is 1.38 bits per heavy atom. The quantitative estimate of drug-likeness (QED) is 0.590. The first-order chi connectivity index (χ1) is 7.54. The van der Waals surface area contributed by atoms with E-state index in [0.717, 1.165) is 11.1 Å². The number of aromatic nitrogens is 1. The lowest BCUT2D eigenvalue weighted by atomic mass is 10.2. The summed E-state index contributed by atoms with van der Waals surface area (Å²) in [4.78, 5) is 4.29. The highest BCUT2D eigenvalue weighted by Gasteiger charge is 2.08. The molecule has 0 aliphatic carbocycles. The summed E-state index contributed by atoms with van der Waals surface area (Å²) in [5, 5.41) is 0. The van der Waals surface area contributed by atoms with Crippen LogP contribution < -0.4 is 0 Å². The Morgan fingerprint density at radius 2 is 2.19 bits per heavy atom. The van der Waals surface area contributed by atoms with Gasteiger partial charge < -0.3 is 0 Å². The Balaban J connectivity index is 2.15. The number of hydrogen-bond donors (Lipinski definition) is 0. The van der Waals surface area contributed by atoms with Crippen molar-refractivity contribution in [2.24, 2.45) is 4.40 Å². The average molecular weight is 250 g/mol. The van der Waals surface area contributed by atoms with Gasteiger partial charge in [0.25, 0.3) is 0 Å². The molecule has 0 saturated heterocycles. The van der Waals surface area contributed by atoms with Gasteiger partial charge in [-0.3, -0.25) is 0 Å². The molecular weight excluding hydrogens is 236 g/mol. The monoisotopic (exact) mass is 250 g/mol. The van der Waals surface area contributed by atoms with Crippen LogP contribution in [0.25, 0.3) is 10.2 Å². The third kappa shape index (κ3) is 3.06. The highest BCUT2D eigenvalue weighted by Crippen LogP contribution is 2.24. The van der Waals surface area contributed by atoms with Gasteiger partial charge in [0, 0.05) is 11.0 Å². The van der Waals surface area contributed by atoms with Crippen LogP contribution in [0.3, 0.4) is 0 Å². The van der Waals surface area contributed by atoms with Gasteiger partial charge in [-0.2, -0.15) is 0 Å². The molecule has 2 aromatic rings. The van der Waals surface area contributed by atoms with E-state index in [0.29, 0.717) is 0 Å². The van der Waals surface area contributed by atoms with Crippen molar-refractivity contribution in [3.05, 3.63) is 29.3 Å². The third-order valence-corrected chi connectivity index (χ3v) is 3.45. The van der Waals surface area contributed by atoms with Crippen molar-refractivity contribution in [1.29, 1.82) is 0 Å². The van der Waals surface area contributed by atoms with E-state index in [-0.39, 0.29) is 4.75 Å². The van der Waals surface area contributed by atoms with Gasteiger partial charge >= 0.3 is 0 Å². The topological polar surface area (TPSA) is 25.2 Å². The van der Waals surface area contributed by atoms with Crippen LogP contribution in [0.2, 0.25) is 0 Å². The molecule has 0 atom stereocenters. The Kier molecular flexibility index (Phi) is 3.30. The van der Waals surface area contributed by atoms with E-state index in [1.54, 1.807) is 23.3 Å². The summed E-state index contributed by atoms with van der Waals surface area (Å²) in [5.74, 6) is 0. The Bertz CT molecular complexity index is 509. The van der Waals surface area contributed by atoms with E-state index < -0.39 is 0 Å². The summed E-state index contributed by atoms with van der Waals surface area (Å²) >= 11 is 3.25. The SMILES string of the molecule is CC(C)(C)S/N=C/c1ccc2scnc2c1. The van der Waals surface area contributed by atoms with Gasteiger partial charge in [0.1, 0.15) is 0 Å². The van der Waals surface area contributed by atoms with Crippen LogP contribution in [0.15, 0.2) is 28.1 Å². The third-order valence-electron chi connectivity index (χ3n) is 1.88. The number of thiazole rings is 1. The fraction of sp³-hybridized carbons (Fsp3) is 0.333. The molecule has 0 amide bonds. The van der Waals surface area contributed by atoms with Crippen molar-refractivity contribution in [3.63, 3.8) is 0 Å². The van der Waals surface area contributed by atoms with Gasteiger partial charge in [-0.1, -0.05) is 6.07 Å². The zero-order valence-corrected chi connectivity index (χ0v) is 11.2. The van der Waals surface area contributed by atoms with Crippen LogP contribution in [0, 0.1) is 0 Å². The molecule has 0 bridgehead atoms. The predicted molar refractivity (Wildman–Crippen MR) is 74.6 cm³/mol. The summed E-state index contributed by atoms with van der Waals surface area (Å²) in [7, 11) is 0. The van der Waals surface area contributed by atoms with Crippen LogP contribution in [0.1, 0.15) is 26.3 Å². The molecule has 2 nitrogen and oxygen atoms in total. The molecule has 0 radical (unpaired) electrons. The molecule has 0 aliphatic heterocycles. The van der Waals surface area contributed by atoms with Crippen molar-refractivity contribution in [3.8, 4) is 0 Å². The summed E-state index contributed by atoms with van der Waals surface area (Å²) < 4.78 is 5.76. The fourth-order valence-electron chi connectivity index (χ4n) is 1.20. The van der Waals surface area contributed by atoms with Gasteiger partial charge in [0.15, 0.2) is 0 Å². The predicted octanol–water partition coefficient (Wildman–Crippen LogP) is 4.16. The normalized spacial score (nSPS) is 12.7. The molecule has 0 saturated carbocycles. The molecule has 0 aliphatic rings. The molecule has 2 rings (SSSR count). The molecular formula is C12H14N2S2. The molecule has 84 valence electrons. The molecule has 1 heterocycles. The largest absolute Gasteiger partial charge is 0.245 e. The maximum absolute atomic E-state index is 4.37. The minimum Gasteiger partial charge on any atom is -0.245 e. The minimum atomic E-state index is 0.168. The minimum absolute atomic E-state index is 0.168. The molecule has 0 fully saturated rings. The van der Waals surface area contributed by atoms with Gasteiger partial charge in [0.2, 0.25) is 0 Å². The fourth-order valence-corrected chi connectivity index (χ4v) is 2.35. The summed E-state index contributed by atoms with van der Waals surface area (Å²) in [6.07, 6.45) is 1.90. The van der Waals surface area contributed by atoms with E-state index in [1.807, 2.05) is 11.7 Å². The van der Waals surface area contributed by atoms with Gasteiger partial charge in [-0.25, -0.2) is 9.38 Å². The summed E-state index contributed by atoms with van der Waals surface area (Å²) in [6, 6.07) is 6.24. The Labute approximate surface area is 104 Å². The second-order valence-electron chi connectivity index (χ2n) is 4.52. The van der Waals surface area contributed by atoms with Crippen molar-refractivity contribution in [2.75, 3.05) is 0 Å². The number of nitrogens with zero attached hydrogens (tertiary/aromatic N) is 2. The molecule has 0 unspecified atom stereocenters. The van der Waals surface area contributed by atoms with Crippen LogP contribution in [0.4, 0.5) is 0 Å². The maximum Gasteiger partial charge on any atom is 0.0818 e. The van der Waals surface area contributed by atoms with E-state index in [4.69, 9.17) is 0 Å². The lowest BCUT2D eigenvalue weighted by molar-refractivity contribution is 0.804. The first kappa shape index (κ1) is 11.6. The molecule has 1 aromatic heterocycles. The van der Waals surface area contributed by atoms with E-state index >= 15 is 0 Å². The highest BCUT2D eigenvalue weighted by molar-refractivity contribution is 7.99. The van der Waals surface area contributed by atoms with Crippen LogP contribution in [0.5, 0.6) is 0 Å². The van der Waals surface area contributed by atoms with Crippen LogP contribution in [-0.4, -0.2) is 15.9 Å². The molecule has 4 heteroatoms. The van der Waals surface area contributed by atoms with Gasteiger partial charge in [-0.05, 0) is 50.4 Å². The number of benzene rings is 1. The Morgan fingerprint density at radius 3 is 2.94 bits per heavy atom. The molecule has 0 N–H and O–H groups in total. The van der Waals surface area contributed by atoms with Gasteiger partial charge in [0.05, 0.1) is 15.7 Å². The number of hydrogen-bond acceptors (Lipinski definition) is 4. The molecule has 0 spiro atoms. The number of rotatable bonds is 2. The highest BCUT2D eigenvalue weighted by atomic mass is 32.2. The zero-order valence-electron chi connectivity index (χ0n) is 9.60. The summed E-state index contributed by atoms with van der Waals surface area (Å²) in [5.41, 5.74) is 4.03. The zero-order chi connectivity index (χ0) is 11.6. The first-order valence-corrected chi connectivity index (χ1v) is 6.75. The van der Waals surface area contributed by atoms with Crippen LogP contribution in [-0.2, 0) is 0 Å². The van der Waals surface area contributed by atoms with Crippen molar-refractivity contribution >= 4 is 39.7 Å². The standard InChI is InChI=1S/C12H14N2S2/c1-12(2,3)16-14-7-9-4-5-11-10(6-9)13-8-15-11/h4-8H,1-3H3/b14-7+. The van der Waals surface area contributed by atoms with E-state index in [2.05, 4.69) is 48.4 Å².